The number of hydrogen-bond donors (Lipinski definition) is 3. The summed E-state index contributed by atoms with van der Waals surface area (Å²) < 4.78 is 5.45. The van der Waals surface area contributed by atoms with Crippen LogP contribution in [0.15, 0.2) is 0 Å². The molecule has 4 saturated carbocycles. The molecule has 0 aromatic rings. The van der Waals surface area contributed by atoms with Gasteiger partial charge in [0.25, 0.3) is 0 Å². The minimum Gasteiger partial charge on any atom is -0.459 e. The molecule has 0 spiro atoms. The maximum Gasteiger partial charge on any atom is 0.303 e. The van der Waals surface area contributed by atoms with Crippen molar-refractivity contribution in [3.8, 4) is 0 Å². The molecule has 6 heteroatoms. The van der Waals surface area contributed by atoms with Crippen LogP contribution in [-0.4, -0.2) is 51.5 Å². The summed E-state index contributed by atoms with van der Waals surface area (Å²) in [4.78, 5) is 24.2. The molecule has 0 aliphatic heterocycles. The number of rotatable bonds is 1. The smallest absolute Gasteiger partial charge is 0.303 e. The highest BCUT2D eigenvalue weighted by Crippen LogP contribution is 2.65. The molecule has 4 aliphatic rings. The SMILES string of the molecule is CC(=O)OC1C(O)CC[C@]2(C)C3CC[C@]4(C)C(=O)CCC4C3C(O)C(O)C12. The first-order chi connectivity index (χ1) is 12.6. The van der Waals surface area contributed by atoms with Crippen molar-refractivity contribution < 1.29 is 29.6 Å². The van der Waals surface area contributed by atoms with Crippen molar-refractivity contribution in [1.29, 1.82) is 0 Å². The molecule has 0 radical (unpaired) electrons. The standard InChI is InChI=1S/C21H32O6/c1-10(22)27-19-13(23)7-9-21(3)12-6-8-20(2)11(4-5-14(20)24)15(12)17(25)18(26)16(19)21/h11-13,15-19,23,25-26H,4-9H2,1-3H3/t11?,12?,13?,15?,16?,17?,18?,19?,20-,21+/m0/s1. The highest BCUT2D eigenvalue weighted by molar-refractivity contribution is 5.87. The number of fused-ring (bicyclic) bond motifs is 5. The van der Waals surface area contributed by atoms with E-state index in [2.05, 4.69) is 6.92 Å². The van der Waals surface area contributed by atoms with E-state index in [1.54, 1.807) is 0 Å². The zero-order chi connectivity index (χ0) is 19.7. The van der Waals surface area contributed by atoms with E-state index in [-0.39, 0.29) is 29.0 Å². The Morgan fingerprint density at radius 2 is 1.74 bits per heavy atom. The molecule has 0 saturated heterocycles. The number of aliphatic hydroxyl groups excluding tert-OH is 3. The normalized spacial score (nSPS) is 54.7. The van der Waals surface area contributed by atoms with E-state index in [1.165, 1.54) is 6.92 Å². The molecular formula is C21H32O6. The molecule has 6 nitrogen and oxygen atoms in total. The first-order valence-corrected chi connectivity index (χ1v) is 10.4. The second-order valence-corrected chi connectivity index (χ2v) is 9.90. The van der Waals surface area contributed by atoms with E-state index in [0.717, 1.165) is 25.7 Å². The fourth-order valence-electron chi connectivity index (χ4n) is 7.42. The van der Waals surface area contributed by atoms with Gasteiger partial charge in [0, 0.05) is 24.7 Å². The van der Waals surface area contributed by atoms with E-state index in [4.69, 9.17) is 4.74 Å². The number of ketones is 1. The number of esters is 1. The van der Waals surface area contributed by atoms with E-state index in [0.29, 0.717) is 12.8 Å². The summed E-state index contributed by atoms with van der Waals surface area (Å²) in [5, 5.41) is 32.7. The Kier molecular flexibility index (Phi) is 4.48. The van der Waals surface area contributed by atoms with Crippen LogP contribution < -0.4 is 0 Å². The Hall–Kier alpha value is -0.980. The molecule has 3 N–H and O–H groups in total. The van der Waals surface area contributed by atoms with Crippen LogP contribution in [0.4, 0.5) is 0 Å². The lowest BCUT2D eigenvalue weighted by Crippen LogP contribution is -2.68. The van der Waals surface area contributed by atoms with Crippen LogP contribution in [0.5, 0.6) is 0 Å². The van der Waals surface area contributed by atoms with Crippen molar-refractivity contribution in [3.05, 3.63) is 0 Å². The van der Waals surface area contributed by atoms with Crippen LogP contribution in [0.25, 0.3) is 0 Å². The second-order valence-electron chi connectivity index (χ2n) is 9.90. The molecule has 0 bridgehead atoms. The Labute approximate surface area is 160 Å². The topological polar surface area (TPSA) is 104 Å². The summed E-state index contributed by atoms with van der Waals surface area (Å²) in [5.41, 5.74) is -0.732. The molecule has 0 heterocycles. The van der Waals surface area contributed by atoms with E-state index in [9.17, 15) is 24.9 Å². The molecule has 0 aromatic carbocycles. The third kappa shape index (κ3) is 2.56. The summed E-state index contributed by atoms with van der Waals surface area (Å²) >= 11 is 0. The molecule has 27 heavy (non-hydrogen) atoms. The third-order valence-electron chi connectivity index (χ3n) is 8.78. The summed E-state index contributed by atoms with van der Waals surface area (Å²) in [7, 11) is 0. The maximum atomic E-state index is 12.5. The van der Waals surface area contributed by atoms with E-state index in [1.807, 2.05) is 6.92 Å². The average Bonchev–Trinajstić information content (AvgIpc) is 2.90. The first-order valence-electron chi connectivity index (χ1n) is 10.4. The van der Waals surface area contributed by atoms with Crippen molar-refractivity contribution in [2.45, 2.75) is 83.7 Å². The molecule has 4 rings (SSSR count). The van der Waals surface area contributed by atoms with Crippen LogP contribution >= 0.6 is 0 Å². The highest BCUT2D eigenvalue weighted by Gasteiger charge is 2.67. The van der Waals surface area contributed by atoms with Gasteiger partial charge in [-0.3, -0.25) is 9.59 Å². The van der Waals surface area contributed by atoms with Gasteiger partial charge in [-0.05, 0) is 55.3 Å². The predicted molar refractivity (Wildman–Crippen MR) is 96.5 cm³/mol. The fourth-order valence-corrected chi connectivity index (χ4v) is 7.42. The molecule has 4 fully saturated rings. The van der Waals surface area contributed by atoms with Gasteiger partial charge >= 0.3 is 5.97 Å². The van der Waals surface area contributed by atoms with Gasteiger partial charge in [-0.2, -0.15) is 0 Å². The maximum absolute atomic E-state index is 12.5. The van der Waals surface area contributed by atoms with Crippen molar-refractivity contribution in [2.24, 2.45) is 34.5 Å². The van der Waals surface area contributed by atoms with Crippen molar-refractivity contribution in [2.75, 3.05) is 0 Å². The molecule has 4 aliphatic carbocycles. The van der Waals surface area contributed by atoms with Gasteiger partial charge in [0.15, 0.2) is 0 Å². The molecule has 152 valence electrons. The van der Waals surface area contributed by atoms with Gasteiger partial charge in [-0.1, -0.05) is 13.8 Å². The van der Waals surface area contributed by atoms with Crippen molar-refractivity contribution in [3.63, 3.8) is 0 Å². The number of Topliss-reactive ketones (excluding diaryl/α,β-unsaturated/α-hetero) is 1. The zero-order valence-corrected chi connectivity index (χ0v) is 16.4. The van der Waals surface area contributed by atoms with Crippen LogP contribution in [0.3, 0.4) is 0 Å². The Bertz CT molecular complexity index is 649. The summed E-state index contributed by atoms with van der Waals surface area (Å²) in [5.74, 6) is -0.579. The minimum absolute atomic E-state index is 0.0881. The first kappa shape index (κ1) is 19.3. The molecule has 8 unspecified atom stereocenters. The van der Waals surface area contributed by atoms with Gasteiger partial charge in [-0.15, -0.1) is 0 Å². The van der Waals surface area contributed by atoms with Crippen LogP contribution in [-0.2, 0) is 14.3 Å². The van der Waals surface area contributed by atoms with Crippen molar-refractivity contribution >= 4 is 11.8 Å². The molecular weight excluding hydrogens is 348 g/mol. The van der Waals surface area contributed by atoms with Gasteiger partial charge in [-0.25, -0.2) is 0 Å². The zero-order valence-electron chi connectivity index (χ0n) is 16.4. The number of carbonyl (C=O) groups excluding carboxylic acids is 2. The summed E-state index contributed by atoms with van der Waals surface area (Å²) in [6.45, 7) is 5.46. The lowest BCUT2D eigenvalue weighted by molar-refractivity contribution is -0.253. The van der Waals surface area contributed by atoms with Gasteiger partial charge in [0.1, 0.15) is 11.9 Å². The predicted octanol–water partition coefficient (Wildman–Crippen LogP) is 1.44. The monoisotopic (exact) mass is 380 g/mol. The third-order valence-corrected chi connectivity index (χ3v) is 8.78. The van der Waals surface area contributed by atoms with Gasteiger partial charge in [0.05, 0.1) is 18.3 Å². The Morgan fingerprint density at radius 3 is 2.41 bits per heavy atom. The fraction of sp³-hybridized carbons (Fsp3) is 0.905. The van der Waals surface area contributed by atoms with Crippen LogP contribution in [0.2, 0.25) is 0 Å². The average molecular weight is 380 g/mol. The number of carbonyl (C=O) groups is 2. The van der Waals surface area contributed by atoms with E-state index < -0.39 is 41.7 Å². The molecule has 0 amide bonds. The lowest BCUT2D eigenvalue weighted by atomic mass is 9.43. The quantitative estimate of drug-likeness (QED) is 0.595. The van der Waals surface area contributed by atoms with Crippen molar-refractivity contribution in [1.82, 2.24) is 0 Å². The van der Waals surface area contributed by atoms with Gasteiger partial charge in [0.2, 0.25) is 0 Å². The number of aliphatic hydroxyl groups is 3. The van der Waals surface area contributed by atoms with Gasteiger partial charge < -0.3 is 20.1 Å². The largest absolute Gasteiger partial charge is 0.459 e. The van der Waals surface area contributed by atoms with E-state index >= 15 is 0 Å². The molecule has 0 aromatic heterocycles. The summed E-state index contributed by atoms with van der Waals surface area (Å²) in [6.07, 6.45) is 0.529. The molecule has 10 atom stereocenters. The minimum atomic E-state index is -1.08. The lowest BCUT2D eigenvalue weighted by Gasteiger charge is -2.63. The Morgan fingerprint density at radius 1 is 1.04 bits per heavy atom. The number of hydrogen-bond acceptors (Lipinski definition) is 6. The van der Waals surface area contributed by atoms with Crippen LogP contribution in [0.1, 0.15) is 59.3 Å². The second kappa shape index (κ2) is 6.26. The highest BCUT2D eigenvalue weighted by atomic mass is 16.6. The Balaban J connectivity index is 1.73. The number of ether oxygens (including phenoxy) is 1. The van der Waals surface area contributed by atoms with Crippen LogP contribution in [0, 0.1) is 34.5 Å². The summed E-state index contributed by atoms with van der Waals surface area (Å²) in [6, 6.07) is 0.